The molecule has 2 aromatic heterocycles. The van der Waals surface area contributed by atoms with E-state index in [1.54, 1.807) is 20.8 Å². The van der Waals surface area contributed by atoms with Crippen LogP contribution in [0.4, 0.5) is 0 Å². The Labute approximate surface area is 176 Å². The van der Waals surface area contributed by atoms with Gasteiger partial charge in [0.2, 0.25) is 5.28 Å². The Balaban J connectivity index is 1.90. The summed E-state index contributed by atoms with van der Waals surface area (Å²) in [5, 5.41) is 20.7. The molecule has 3 N–H and O–H groups in total. The minimum atomic E-state index is -3.83. The SMILES string of the molecule is CCOP(=O)(OCC)OC[C@H]1O[C@@H](n2cnc3c(=O)[nH]c(Cl)nc32)C(C)(CO)C1O. The van der Waals surface area contributed by atoms with E-state index >= 15 is 0 Å². The standard InChI is InChI=1S/C16H24ClN4O8P/c1-4-26-30(25,27-5-2)28-6-9-11(23)16(3,7-22)14(29-9)21-8-18-10-12(21)19-15(17)20-13(10)24/h8-9,11,14,22-23H,4-7H2,1-3H3,(H,19,20,24)/t9-,11?,14-,16?/m1/s1. The first-order valence-electron chi connectivity index (χ1n) is 9.29. The fourth-order valence-electron chi connectivity index (χ4n) is 3.32. The van der Waals surface area contributed by atoms with Gasteiger partial charge in [0, 0.05) is 0 Å². The van der Waals surface area contributed by atoms with Gasteiger partial charge < -0.3 is 14.9 Å². The van der Waals surface area contributed by atoms with Crippen LogP contribution in [0.1, 0.15) is 27.0 Å². The maximum Gasteiger partial charge on any atom is 0.474 e. The molecule has 0 aromatic carbocycles. The molecule has 168 valence electrons. The van der Waals surface area contributed by atoms with E-state index in [9.17, 15) is 19.6 Å². The lowest BCUT2D eigenvalue weighted by molar-refractivity contribution is -0.0602. The largest absolute Gasteiger partial charge is 0.474 e. The normalized spacial score (nSPS) is 27.2. The number of phosphoric acid groups is 1. The van der Waals surface area contributed by atoms with Crippen molar-refractivity contribution in [3.05, 3.63) is 22.0 Å². The molecule has 3 heterocycles. The molecule has 1 aliphatic heterocycles. The van der Waals surface area contributed by atoms with Crippen LogP contribution in [0.15, 0.2) is 11.1 Å². The number of phosphoric ester groups is 1. The topological polar surface area (TPSA) is 158 Å². The number of ether oxygens (including phenoxy) is 1. The molecule has 1 fully saturated rings. The number of aliphatic hydroxyl groups is 2. The monoisotopic (exact) mass is 466 g/mol. The lowest BCUT2D eigenvalue weighted by atomic mass is 9.83. The molecule has 0 amide bonds. The number of nitrogens with zero attached hydrogens (tertiary/aromatic N) is 3. The molecule has 3 rings (SSSR count). The third-order valence-corrected chi connectivity index (χ3v) is 6.66. The zero-order valence-corrected chi connectivity index (χ0v) is 18.3. The lowest BCUT2D eigenvalue weighted by Gasteiger charge is -2.31. The van der Waals surface area contributed by atoms with Gasteiger partial charge in [-0.1, -0.05) is 6.92 Å². The average Bonchev–Trinajstić information content (AvgIpc) is 3.21. The highest BCUT2D eigenvalue weighted by atomic mass is 35.5. The van der Waals surface area contributed by atoms with Gasteiger partial charge >= 0.3 is 7.82 Å². The van der Waals surface area contributed by atoms with E-state index in [2.05, 4.69) is 15.0 Å². The van der Waals surface area contributed by atoms with Crippen LogP contribution in [0, 0.1) is 5.41 Å². The number of fused-ring (bicyclic) bond motifs is 1. The Hall–Kier alpha value is -1.37. The highest BCUT2D eigenvalue weighted by Crippen LogP contribution is 2.51. The summed E-state index contributed by atoms with van der Waals surface area (Å²) in [6, 6.07) is 0. The maximum atomic E-state index is 12.5. The van der Waals surface area contributed by atoms with Crippen molar-refractivity contribution in [3.63, 3.8) is 0 Å². The van der Waals surface area contributed by atoms with Crippen LogP contribution in [0.25, 0.3) is 11.2 Å². The summed E-state index contributed by atoms with van der Waals surface area (Å²) in [6.07, 6.45) is -1.88. The van der Waals surface area contributed by atoms with Gasteiger partial charge in [-0.25, -0.2) is 9.55 Å². The van der Waals surface area contributed by atoms with Crippen LogP contribution in [0.5, 0.6) is 0 Å². The van der Waals surface area contributed by atoms with Crippen molar-refractivity contribution < 1.29 is 33.1 Å². The number of hydrogen-bond acceptors (Lipinski definition) is 10. The molecule has 0 aliphatic carbocycles. The molecular weight excluding hydrogens is 443 g/mol. The minimum Gasteiger partial charge on any atom is -0.396 e. The van der Waals surface area contributed by atoms with Crippen molar-refractivity contribution in [1.29, 1.82) is 0 Å². The fourth-order valence-corrected chi connectivity index (χ4v) is 4.67. The van der Waals surface area contributed by atoms with E-state index in [1.165, 1.54) is 10.9 Å². The molecule has 0 bridgehead atoms. The minimum absolute atomic E-state index is 0.0228. The molecule has 2 unspecified atom stereocenters. The molecule has 1 aliphatic rings. The Kier molecular flexibility index (Phi) is 7.00. The first-order valence-corrected chi connectivity index (χ1v) is 11.1. The molecule has 0 saturated carbocycles. The smallest absolute Gasteiger partial charge is 0.396 e. The third kappa shape index (κ3) is 4.19. The van der Waals surface area contributed by atoms with Gasteiger partial charge in [0.05, 0.1) is 44.3 Å². The number of halogens is 1. The van der Waals surface area contributed by atoms with Crippen molar-refractivity contribution in [2.24, 2.45) is 5.41 Å². The number of imidazole rings is 1. The maximum absolute atomic E-state index is 12.5. The van der Waals surface area contributed by atoms with Gasteiger partial charge in [-0.15, -0.1) is 0 Å². The molecule has 4 atom stereocenters. The third-order valence-electron chi connectivity index (χ3n) is 4.86. The van der Waals surface area contributed by atoms with Crippen LogP contribution < -0.4 is 5.56 Å². The van der Waals surface area contributed by atoms with Crippen molar-refractivity contribution in [1.82, 2.24) is 19.5 Å². The van der Waals surface area contributed by atoms with Gasteiger partial charge in [-0.3, -0.25) is 27.9 Å². The number of aromatic amines is 1. The van der Waals surface area contributed by atoms with E-state index < -0.39 is 43.8 Å². The Morgan fingerprint density at radius 1 is 1.37 bits per heavy atom. The second kappa shape index (κ2) is 9.01. The summed E-state index contributed by atoms with van der Waals surface area (Å²) >= 11 is 5.85. The summed E-state index contributed by atoms with van der Waals surface area (Å²) in [5.74, 6) is 0. The van der Waals surface area contributed by atoms with Gasteiger partial charge in [0.25, 0.3) is 5.56 Å². The quantitative estimate of drug-likeness (QED) is 0.362. The lowest BCUT2D eigenvalue weighted by Crippen LogP contribution is -2.41. The van der Waals surface area contributed by atoms with Crippen molar-refractivity contribution >= 4 is 30.6 Å². The molecule has 1 saturated heterocycles. The van der Waals surface area contributed by atoms with E-state index in [-0.39, 0.29) is 36.3 Å². The van der Waals surface area contributed by atoms with Crippen molar-refractivity contribution in [2.45, 2.75) is 39.2 Å². The zero-order chi connectivity index (χ0) is 22.1. The first kappa shape index (κ1) is 23.3. The second-order valence-corrected chi connectivity index (χ2v) is 8.92. The van der Waals surface area contributed by atoms with Gasteiger partial charge in [0.15, 0.2) is 11.2 Å². The molecule has 30 heavy (non-hydrogen) atoms. The van der Waals surface area contributed by atoms with E-state index in [4.69, 9.17) is 29.9 Å². The summed E-state index contributed by atoms with van der Waals surface area (Å²) in [4.78, 5) is 22.5. The Morgan fingerprint density at radius 2 is 2.03 bits per heavy atom. The summed E-state index contributed by atoms with van der Waals surface area (Å²) in [5.41, 5.74) is -1.62. The summed E-state index contributed by atoms with van der Waals surface area (Å²) in [6.45, 7) is 4.27. The van der Waals surface area contributed by atoms with E-state index in [0.717, 1.165) is 0 Å². The molecule has 14 heteroatoms. The number of H-pyrrole nitrogens is 1. The van der Waals surface area contributed by atoms with Gasteiger partial charge in [0.1, 0.15) is 12.3 Å². The Morgan fingerprint density at radius 3 is 2.63 bits per heavy atom. The van der Waals surface area contributed by atoms with Crippen LogP contribution in [0.2, 0.25) is 5.28 Å². The van der Waals surface area contributed by atoms with Crippen LogP contribution in [-0.2, 0) is 22.9 Å². The number of aromatic nitrogens is 4. The van der Waals surface area contributed by atoms with Crippen LogP contribution in [0.3, 0.4) is 0 Å². The summed E-state index contributed by atoms with van der Waals surface area (Å²) < 4.78 is 35.3. The van der Waals surface area contributed by atoms with Crippen molar-refractivity contribution in [3.8, 4) is 0 Å². The number of nitrogens with one attached hydrogen (secondary N) is 1. The highest BCUT2D eigenvalue weighted by molar-refractivity contribution is 7.48. The van der Waals surface area contributed by atoms with Crippen LogP contribution in [-0.4, -0.2) is 68.4 Å². The van der Waals surface area contributed by atoms with Gasteiger partial charge in [-0.05, 0) is 25.4 Å². The predicted octanol–water partition coefficient (Wildman–Crippen LogP) is 1.23. The number of aliphatic hydroxyl groups excluding tert-OH is 2. The first-order chi connectivity index (χ1) is 14.2. The molecular formula is C16H24ClN4O8P. The molecule has 2 aromatic rings. The van der Waals surface area contributed by atoms with Crippen molar-refractivity contribution in [2.75, 3.05) is 26.4 Å². The summed E-state index contributed by atoms with van der Waals surface area (Å²) in [7, 11) is -3.83. The highest BCUT2D eigenvalue weighted by Gasteiger charge is 2.54. The molecule has 12 nitrogen and oxygen atoms in total. The average molecular weight is 467 g/mol. The zero-order valence-electron chi connectivity index (χ0n) is 16.6. The fraction of sp³-hybridized carbons (Fsp3) is 0.688. The number of rotatable bonds is 9. The Bertz CT molecular complexity index is 989. The second-order valence-electron chi connectivity index (χ2n) is 6.89. The molecule has 0 spiro atoms. The molecule has 0 radical (unpaired) electrons. The van der Waals surface area contributed by atoms with E-state index in [1.807, 2.05) is 0 Å². The number of hydrogen-bond donors (Lipinski definition) is 3. The van der Waals surface area contributed by atoms with E-state index in [0.29, 0.717) is 0 Å². The predicted molar refractivity (Wildman–Crippen MR) is 105 cm³/mol. The van der Waals surface area contributed by atoms with Gasteiger partial charge in [-0.2, -0.15) is 4.98 Å². The van der Waals surface area contributed by atoms with Crippen LogP contribution >= 0.6 is 19.4 Å².